The molecule has 19 heavy (non-hydrogen) atoms. The van der Waals surface area contributed by atoms with E-state index in [1.165, 1.54) is 49.9 Å². The summed E-state index contributed by atoms with van der Waals surface area (Å²) in [5, 5.41) is 2.10. The lowest BCUT2D eigenvalue weighted by molar-refractivity contribution is 0.271. The molecule has 0 amide bonds. The summed E-state index contributed by atoms with van der Waals surface area (Å²) in [5.74, 6) is 0. The van der Waals surface area contributed by atoms with Crippen LogP contribution in [-0.4, -0.2) is 22.6 Å². The van der Waals surface area contributed by atoms with Crippen LogP contribution in [-0.2, 0) is 13.6 Å². The van der Waals surface area contributed by atoms with E-state index >= 15 is 0 Å². The van der Waals surface area contributed by atoms with E-state index in [0.29, 0.717) is 0 Å². The van der Waals surface area contributed by atoms with E-state index in [4.69, 9.17) is 11.6 Å². The molecule has 2 aromatic rings. The van der Waals surface area contributed by atoms with Crippen LogP contribution in [0.15, 0.2) is 24.3 Å². The molecule has 1 fully saturated rings. The van der Waals surface area contributed by atoms with Crippen molar-refractivity contribution >= 4 is 22.5 Å². The molecule has 102 valence electrons. The molecule has 0 bridgehead atoms. The van der Waals surface area contributed by atoms with Crippen LogP contribution >= 0.6 is 11.6 Å². The average molecular weight is 277 g/mol. The minimum Gasteiger partial charge on any atom is -0.345 e. The third-order valence-electron chi connectivity index (χ3n) is 4.19. The average Bonchev–Trinajstić information content (AvgIpc) is 2.59. The van der Waals surface area contributed by atoms with Crippen molar-refractivity contribution in [1.29, 1.82) is 0 Å². The number of aryl methyl sites for hydroxylation is 1. The van der Waals surface area contributed by atoms with Gasteiger partial charge in [-0.15, -0.1) is 0 Å². The first-order valence-corrected chi connectivity index (χ1v) is 7.58. The third-order valence-corrected chi connectivity index (χ3v) is 4.50. The number of aromatic nitrogens is 1. The second kappa shape index (κ2) is 5.56. The molecule has 2 heterocycles. The Bertz CT molecular complexity index is 565. The molecular weight excluding hydrogens is 256 g/mol. The first kappa shape index (κ1) is 13.0. The second-order valence-electron chi connectivity index (χ2n) is 5.56. The van der Waals surface area contributed by atoms with E-state index in [9.17, 15) is 0 Å². The normalized spacial score (nSPS) is 17.8. The van der Waals surface area contributed by atoms with Crippen molar-refractivity contribution in [2.75, 3.05) is 13.1 Å². The smallest absolute Gasteiger partial charge is 0.0669 e. The highest BCUT2D eigenvalue weighted by Crippen LogP contribution is 2.27. The van der Waals surface area contributed by atoms with E-state index in [1.807, 2.05) is 12.1 Å². The molecule has 3 heteroatoms. The molecule has 1 aliphatic rings. The fraction of sp³-hybridized carbons (Fsp3) is 0.500. The first-order valence-electron chi connectivity index (χ1n) is 7.21. The molecule has 1 aliphatic heterocycles. The predicted molar refractivity (Wildman–Crippen MR) is 81.7 cm³/mol. The van der Waals surface area contributed by atoms with Gasteiger partial charge in [-0.3, -0.25) is 4.90 Å². The maximum absolute atomic E-state index is 6.31. The van der Waals surface area contributed by atoms with Gasteiger partial charge in [0.2, 0.25) is 0 Å². The van der Waals surface area contributed by atoms with Gasteiger partial charge < -0.3 is 4.57 Å². The third kappa shape index (κ3) is 2.65. The van der Waals surface area contributed by atoms with Gasteiger partial charge in [0.05, 0.1) is 10.5 Å². The van der Waals surface area contributed by atoms with E-state index in [-0.39, 0.29) is 0 Å². The highest BCUT2D eigenvalue weighted by atomic mass is 35.5. The number of para-hydroxylation sites is 1. The summed E-state index contributed by atoms with van der Waals surface area (Å²) in [4.78, 5) is 2.58. The van der Waals surface area contributed by atoms with Crippen LogP contribution in [0.2, 0.25) is 5.02 Å². The minimum absolute atomic E-state index is 0.849. The van der Waals surface area contributed by atoms with Crippen LogP contribution in [0.25, 0.3) is 10.9 Å². The maximum atomic E-state index is 6.31. The Morgan fingerprint density at radius 3 is 2.53 bits per heavy atom. The van der Waals surface area contributed by atoms with Crippen molar-refractivity contribution in [2.24, 2.45) is 7.05 Å². The number of nitrogens with zero attached hydrogens (tertiary/aromatic N) is 2. The van der Waals surface area contributed by atoms with Crippen molar-refractivity contribution in [3.8, 4) is 0 Å². The van der Waals surface area contributed by atoms with Crippen molar-refractivity contribution in [2.45, 2.75) is 32.2 Å². The molecule has 0 unspecified atom stereocenters. The molecule has 0 radical (unpaired) electrons. The van der Waals surface area contributed by atoms with Gasteiger partial charge in [0, 0.05) is 24.7 Å². The van der Waals surface area contributed by atoms with Crippen LogP contribution in [0.4, 0.5) is 0 Å². The molecule has 1 saturated heterocycles. The second-order valence-corrected chi connectivity index (χ2v) is 5.97. The highest BCUT2D eigenvalue weighted by molar-refractivity contribution is 6.35. The van der Waals surface area contributed by atoms with Gasteiger partial charge in [0.25, 0.3) is 0 Å². The van der Waals surface area contributed by atoms with Crippen LogP contribution < -0.4 is 0 Å². The van der Waals surface area contributed by atoms with Crippen molar-refractivity contribution < 1.29 is 0 Å². The Labute approximate surface area is 120 Å². The molecule has 0 spiro atoms. The van der Waals surface area contributed by atoms with E-state index in [0.717, 1.165) is 17.1 Å². The van der Waals surface area contributed by atoms with Crippen LogP contribution in [0.3, 0.4) is 0 Å². The molecule has 1 aromatic carbocycles. The van der Waals surface area contributed by atoms with Crippen LogP contribution in [0, 0.1) is 0 Å². The fourth-order valence-corrected chi connectivity index (χ4v) is 3.41. The SMILES string of the molecule is Cn1c(CN2CCCCCC2)cc2cccc(Cl)c21. The number of fused-ring (bicyclic) bond motifs is 1. The summed E-state index contributed by atoms with van der Waals surface area (Å²) in [5.41, 5.74) is 2.53. The first-order chi connectivity index (χ1) is 9.25. The largest absolute Gasteiger partial charge is 0.345 e. The van der Waals surface area contributed by atoms with Gasteiger partial charge >= 0.3 is 0 Å². The van der Waals surface area contributed by atoms with Gasteiger partial charge in [0.15, 0.2) is 0 Å². The van der Waals surface area contributed by atoms with Gasteiger partial charge in [-0.2, -0.15) is 0 Å². The molecule has 0 N–H and O–H groups in total. The quantitative estimate of drug-likeness (QED) is 0.798. The number of hydrogen-bond donors (Lipinski definition) is 0. The summed E-state index contributed by atoms with van der Waals surface area (Å²) in [6, 6.07) is 8.43. The van der Waals surface area contributed by atoms with Crippen molar-refractivity contribution in [3.63, 3.8) is 0 Å². The topological polar surface area (TPSA) is 8.17 Å². The minimum atomic E-state index is 0.849. The molecule has 0 saturated carbocycles. The molecule has 0 aliphatic carbocycles. The Balaban J connectivity index is 1.88. The molecule has 1 aromatic heterocycles. The summed E-state index contributed by atoms with van der Waals surface area (Å²) >= 11 is 6.31. The Kier molecular flexibility index (Phi) is 3.81. The van der Waals surface area contributed by atoms with Gasteiger partial charge in [-0.1, -0.05) is 36.6 Å². The summed E-state index contributed by atoms with van der Waals surface area (Å²) in [6.07, 6.45) is 5.45. The summed E-state index contributed by atoms with van der Waals surface area (Å²) < 4.78 is 2.25. The highest BCUT2D eigenvalue weighted by Gasteiger charge is 2.13. The van der Waals surface area contributed by atoms with Crippen molar-refractivity contribution in [3.05, 3.63) is 35.0 Å². The molecular formula is C16H21ClN2. The monoisotopic (exact) mass is 276 g/mol. The van der Waals surface area contributed by atoms with E-state index in [2.05, 4.69) is 28.6 Å². The number of hydrogen-bond acceptors (Lipinski definition) is 1. The van der Waals surface area contributed by atoms with Gasteiger partial charge in [-0.05, 0) is 38.1 Å². The van der Waals surface area contributed by atoms with Gasteiger partial charge in [-0.25, -0.2) is 0 Å². The zero-order chi connectivity index (χ0) is 13.2. The predicted octanol–water partition coefficient (Wildman–Crippen LogP) is 4.21. The number of benzene rings is 1. The lowest BCUT2D eigenvalue weighted by Crippen LogP contribution is -2.25. The van der Waals surface area contributed by atoms with E-state index < -0.39 is 0 Å². The number of likely N-dealkylation sites (tertiary alicyclic amines) is 1. The van der Waals surface area contributed by atoms with E-state index in [1.54, 1.807) is 0 Å². The maximum Gasteiger partial charge on any atom is 0.0669 e. The van der Waals surface area contributed by atoms with Crippen LogP contribution in [0.1, 0.15) is 31.4 Å². The van der Waals surface area contributed by atoms with Crippen LogP contribution in [0.5, 0.6) is 0 Å². The lowest BCUT2D eigenvalue weighted by atomic mass is 10.2. The fourth-order valence-electron chi connectivity index (χ4n) is 3.10. The summed E-state index contributed by atoms with van der Waals surface area (Å²) in [7, 11) is 2.13. The Hall–Kier alpha value is -0.990. The Morgan fingerprint density at radius 2 is 1.84 bits per heavy atom. The van der Waals surface area contributed by atoms with Crippen molar-refractivity contribution in [1.82, 2.24) is 9.47 Å². The standard InChI is InChI=1S/C16H21ClN2/c1-18-14(12-19-9-4-2-3-5-10-19)11-13-7-6-8-15(17)16(13)18/h6-8,11H,2-5,9-10,12H2,1H3. The lowest BCUT2D eigenvalue weighted by Gasteiger charge is -2.20. The van der Waals surface area contributed by atoms with Gasteiger partial charge in [0.1, 0.15) is 0 Å². The number of rotatable bonds is 2. The zero-order valence-corrected chi connectivity index (χ0v) is 12.3. The Morgan fingerprint density at radius 1 is 1.11 bits per heavy atom. The summed E-state index contributed by atoms with van der Waals surface area (Å²) in [6.45, 7) is 3.51. The molecule has 0 atom stereocenters. The molecule has 3 rings (SSSR count). The zero-order valence-electron chi connectivity index (χ0n) is 11.5. The number of halogens is 1. The molecule has 2 nitrogen and oxygen atoms in total.